The Bertz CT molecular complexity index is 272. The van der Waals surface area contributed by atoms with E-state index in [0.717, 1.165) is 17.8 Å². The summed E-state index contributed by atoms with van der Waals surface area (Å²) in [5.41, 5.74) is 0. The van der Waals surface area contributed by atoms with E-state index in [-0.39, 0.29) is 0 Å². The zero-order valence-corrected chi connectivity index (χ0v) is 12.4. The van der Waals surface area contributed by atoms with Crippen LogP contribution in [0.5, 0.6) is 0 Å². The summed E-state index contributed by atoms with van der Waals surface area (Å²) < 4.78 is 0. The Kier molecular flexibility index (Phi) is 5.25. The smallest absolute Gasteiger partial charge is 0.00355 e. The lowest BCUT2D eigenvalue weighted by atomic mass is 9.93. The highest BCUT2D eigenvalue weighted by molar-refractivity contribution is 5.10. The molecule has 2 bridgehead atoms. The fraction of sp³-hybridized carbons (Fsp3) is 0.875. The minimum absolute atomic E-state index is 0.679. The number of nitrogens with one attached hydrogen (secondary N) is 1. The second-order valence-electron chi connectivity index (χ2n) is 6.53. The Hall–Kier alpha value is -0.340. The van der Waals surface area contributed by atoms with Crippen molar-refractivity contribution in [2.24, 2.45) is 17.8 Å². The molecule has 18 heavy (non-hydrogen) atoms. The van der Waals surface area contributed by atoms with Gasteiger partial charge in [-0.05, 0) is 84.0 Å². The third-order valence-corrected chi connectivity index (χ3v) is 4.82. The lowest BCUT2D eigenvalue weighted by Gasteiger charge is -2.21. The fourth-order valence-electron chi connectivity index (χ4n) is 3.29. The summed E-state index contributed by atoms with van der Waals surface area (Å²) in [4.78, 5) is 2.43. The second kappa shape index (κ2) is 6.72. The zero-order chi connectivity index (χ0) is 13.0. The largest absolute Gasteiger partial charge is 0.316 e. The minimum atomic E-state index is 0.679. The standard InChI is InChI=1S/C16H30N2/c1-13(2)18(3)9-5-4-8-17-12-16-11-14-6-7-15(16)10-14/h6-7,13-17H,4-5,8-12H2,1-3H3. The monoisotopic (exact) mass is 250 g/mol. The average Bonchev–Trinajstić information content (AvgIpc) is 2.95. The van der Waals surface area contributed by atoms with Gasteiger partial charge >= 0.3 is 0 Å². The molecule has 104 valence electrons. The Balaban J connectivity index is 1.46. The molecule has 0 saturated heterocycles. The quantitative estimate of drug-likeness (QED) is 0.526. The van der Waals surface area contributed by atoms with E-state index in [1.165, 1.54) is 45.3 Å². The molecule has 3 unspecified atom stereocenters. The molecule has 1 N–H and O–H groups in total. The molecule has 3 atom stereocenters. The molecule has 2 aliphatic carbocycles. The third kappa shape index (κ3) is 3.83. The van der Waals surface area contributed by atoms with Gasteiger partial charge in [0.15, 0.2) is 0 Å². The summed E-state index contributed by atoms with van der Waals surface area (Å²) in [7, 11) is 2.22. The van der Waals surface area contributed by atoms with Gasteiger partial charge in [-0.1, -0.05) is 12.2 Å². The molecular formula is C16H30N2. The number of unbranched alkanes of at least 4 members (excludes halogenated alkanes) is 1. The van der Waals surface area contributed by atoms with Crippen LogP contribution in [-0.4, -0.2) is 37.6 Å². The van der Waals surface area contributed by atoms with Crippen molar-refractivity contribution in [2.75, 3.05) is 26.7 Å². The lowest BCUT2D eigenvalue weighted by Crippen LogP contribution is -2.29. The van der Waals surface area contributed by atoms with Crippen LogP contribution >= 0.6 is 0 Å². The maximum absolute atomic E-state index is 3.66. The molecular weight excluding hydrogens is 220 g/mol. The predicted octanol–water partition coefficient (Wildman–Crippen LogP) is 2.91. The first-order valence-electron chi connectivity index (χ1n) is 7.76. The number of hydrogen-bond acceptors (Lipinski definition) is 2. The number of rotatable bonds is 8. The summed E-state index contributed by atoms with van der Waals surface area (Å²) in [6.07, 6.45) is 10.4. The van der Waals surface area contributed by atoms with Crippen LogP contribution in [-0.2, 0) is 0 Å². The van der Waals surface area contributed by atoms with Crippen LogP contribution in [0.3, 0.4) is 0 Å². The van der Waals surface area contributed by atoms with Crippen molar-refractivity contribution in [3.8, 4) is 0 Å². The molecule has 0 radical (unpaired) electrons. The van der Waals surface area contributed by atoms with Gasteiger partial charge in [0.1, 0.15) is 0 Å². The van der Waals surface area contributed by atoms with E-state index in [9.17, 15) is 0 Å². The van der Waals surface area contributed by atoms with Crippen molar-refractivity contribution in [3.05, 3.63) is 12.2 Å². The van der Waals surface area contributed by atoms with E-state index < -0.39 is 0 Å². The maximum Gasteiger partial charge on any atom is 0.00355 e. The lowest BCUT2D eigenvalue weighted by molar-refractivity contribution is 0.267. The van der Waals surface area contributed by atoms with Gasteiger partial charge in [-0.15, -0.1) is 0 Å². The third-order valence-electron chi connectivity index (χ3n) is 4.82. The summed E-state index contributed by atoms with van der Waals surface area (Å²) in [6, 6.07) is 0.679. The van der Waals surface area contributed by atoms with Crippen LogP contribution in [0.15, 0.2) is 12.2 Å². The predicted molar refractivity (Wildman–Crippen MR) is 78.7 cm³/mol. The molecule has 0 spiro atoms. The summed E-state index contributed by atoms with van der Waals surface area (Å²) in [6.45, 7) is 8.20. The zero-order valence-electron chi connectivity index (χ0n) is 12.4. The minimum Gasteiger partial charge on any atom is -0.316 e. The molecule has 0 amide bonds. The molecule has 2 aliphatic rings. The molecule has 0 aromatic carbocycles. The number of hydrogen-bond donors (Lipinski definition) is 1. The maximum atomic E-state index is 3.66. The average molecular weight is 250 g/mol. The Morgan fingerprint density at radius 1 is 1.22 bits per heavy atom. The van der Waals surface area contributed by atoms with Gasteiger partial charge in [0.2, 0.25) is 0 Å². The van der Waals surface area contributed by atoms with Crippen LogP contribution in [0.25, 0.3) is 0 Å². The molecule has 2 nitrogen and oxygen atoms in total. The summed E-state index contributed by atoms with van der Waals surface area (Å²) >= 11 is 0. The van der Waals surface area contributed by atoms with Gasteiger partial charge < -0.3 is 10.2 Å². The van der Waals surface area contributed by atoms with E-state index in [1.807, 2.05) is 0 Å². The van der Waals surface area contributed by atoms with Crippen molar-refractivity contribution in [2.45, 2.75) is 45.6 Å². The first kappa shape index (κ1) is 14.1. The molecule has 0 aromatic heterocycles. The van der Waals surface area contributed by atoms with Gasteiger partial charge in [0, 0.05) is 6.04 Å². The van der Waals surface area contributed by atoms with Crippen molar-refractivity contribution < 1.29 is 0 Å². The molecule has 0 aromatic rings. The van der Waals surface area contributed by atoms with Crippen LogP contribution < -0.4 is 5.32 Å². The highest BCUT2D eigenvalue weighted by Gasteiger charge is 2.34. The highest BCUT2D eigenvalue weighted by Crippen LogP contribution is 2.42. The summed E-state index contributed by atoms with van der Waals surface area (Å²) in [5.74, 6) is 2.74. The number of fused-ring (bicyclic) bond motifs is 2. The molecule has 0 aliphatic heterocycles. The Labute approximate surface area is 113 Å². The van der Waals surface area contributed by atoms with Crippen molar-refractivity contribution in [3.63, 3.8) is 0 Å². The van der Waals surface area contributed by atoms with E-state index in [0.29, 0.717) is 6.04 Å². The first-order valence-corrected chi connectivity index (χ1v) is 7.76. The van der Waals surface area contributed by atoms with E-state index in [2.05, 4.69) is 43.3 Å². The number of nitrogens with zero attached hydrogens (tertiary/aromatic N) is 1. The number of allylic oxidation sites excluding steroid dienone is 2. The van der Waals surface area contributed by atoms with Crippen LogP contribution in [0, 0.1) is 17.8 Å². The molecule has 1 saturated carbocycles. The Morgan fingerprint density at radius 2 is 2.06 bits per heavy atom. The van der Waals surface area contributed by atoms with Gasteiger partial charge in [0.05, 0.1) is 0 Å². The van der Waals surface area contributed by atoms with Gasteiger partial charge in [-0.2, -0.15) is 0 Å². The molecule has 2 rings (SSSR count). The highest BCUT2D eigenvalue weighted by atomic mass is 15.1. The fourth-order valence-corrected chi connectivity index (χ4v) is 3.29. The van der Waals surface area contributed by atoms with Crippen molar-refractivity contribution in [1.82, 2.24) is 10.2 Å². The Morgan fingerprint density at radius 3 is 2.67 bits per heavy atom. The van der Waals surface area contributed by atoms with Gasteiger partial charge in [0.25, 0.3) is 0 Å². The van der Waals surface area contributed by atoms with Crippen molar-refractivity contribution in [1.29, 1.82) is 0 Å². The van der Waals surface area contributed by atoms with Crippen LogP contribution in [0.1, 0.15) is 39.5 Å². The molecule has 0 heterocycles. The molecule has 2 heteroatoms. The van der Waals surface area contributed by atoms with Crippen LogP contribution in [0.4, 0.5) is 0 Å². The first-order chi connectivity index (χ1) is 8.66. The summed E-state index contributed by atoms with van der Waals surface area (Å²) in [5, 5.41) is 3.66. The van der Waals surface area contributed by atoms with Gasteiger partial charge in [-0.3, -0.25) is 0 Å². The van der Waals surface area contributed by atoms with Crippen molar-refractivity contribution >= 4 is 0 Å². The topological polar surface area (TPSA) is 15.3 Å². The SMILES string of the molecule is CC(C)N(C)CCCCNCC1CC2C=CC1C2. The van der Waals surface area contributed by atoms with E-state index >= 15 is 0 Å². The van der Waals surface area contributed by atoms with E-state index in [4.69, 9.17) is 0 Å². The van der Waals surface area contributed by atoms with Crippen LogP contribution in [0.2, 0.25) is 0 Å². The van der Waals surface area contributed by atoms with E-state index in [1.54, 1.807) is 0 Å². The molecule has 1 fully saturated rings. The normalized spacial score (nSPS) is 29.9. The second-order valence-corrected chi connectivity index (χ2v) is 6.53. The van der Waals surface area contributed by atoms with Gasteiger partial charge in [-0.25, -0.2) is 0 Å².